The van der Waals surface area contributed by atoms with Crippen molar-refractivity contribution in [2.75, 3.05) is 64.1 Å². The van der Waals surface area contributed by atoms with Crippen molar-refractivity contribution >= 4 is 35.5 Å². The van der Waals surface area contributed by atoms with E-state index in [0.29, 0.717) is 66.4 Å². The number of carbonyl (C=O) groups excluding carboxylic acids is 4. The standard InChI is InChI=1S/C60H65N7O12/c1-9-37-16-18-38(19-17-37)34-65(36-43-15-11-12-27-66(43)57(72)79-59(3,4)5)28-29-74-58(73)77-51-33-52(76-48(51)10-2)67-35-40(54(69)63-56(67)71)14-13-26-62-53(68)39-20-23-44-47(30-39)60(78-55(44)70)45-24-21-41(61-6)31-49(45)75-50-32-42(64(7)8)22-25-46(50)60/h1,16-25,30-32,35,43,48,51-52,61H,10-12,15,26-29,33-34,36H2,2-8H3,(H,62,68)(H,63,69,71)/t43?,48-,51?,52-,60?/m1/s1. The third-order valence-electron chi connectivity index (χ3n) is 14.4. The Hall–Kier alpha value is -8.52. The first-order valence-corrected chi connectivity index (χ1v) is 26.5. The minimum absolute atomic E-state index is 0.0177. The van der Waals surface area contributed by atoms with Crippen molar-refractivity contribution in [2.45, 2.75) is 102 Å². The summed E-state index contributed by atoms with van der Waals surface area (Å²) in [7, 11) is 5.62. The van der Waals surface area contributed by atoms with Crippen LogP contribution in [0.2, 0.25) is 0 Å². The van der Waals surface area contributed by atoms with E-state index in [9.17, 15) is 28.8 Å². The van der Waals surface area contributed by atoms with Crippen LogP contribution >= 0.6 is 0 Å². The molecule has 79 heavy (non-hydrogen) atoms. The number of carbonyl (C=O) groups is 4. The molecule has 0 bridgehead atoms. The molecule has 19 nitrogen and oxygen atoms in total. The lowest BCUT2D eigenvalue weighted by Gasteiger charge is -2.39. The molecule has 5 heterocycles. The Morgan fingerprint density at radius 2 is 1.71 bits per heavy atom. The van der Waals surface area contributed by atoms with E-state index in [1.165, 1.54) is 16.8 Å². The van der Waals surface area contributed by atoms with Gasteiger partial charge in [-0.2, -0.15) is 0 Å². The van der Waals surface area contributed by atoms with Gasteiger partial charge in [0.2, 0.25) is 0 Å². The number of rotatable bonds is 14. The zero-order valence-electron chi connectivity index (χ0n) is 45.4. The lowest BCUT2D eigenvalue weighted by atomic mass is 9.77. The number of hydrogen-bond acceptors (Lipinski definition) is 15. The van der Waals surface area contributed by atoms with Crippen molar-refractivity contribution in [1.29, 1.82) is 0 Å². The molecule has 9 rings (SSSR count). The highest BCUT2D eigenvalue weighted by Crippen LogP contribution is 2.57. The molecule has 0 radical (unpaired) electrons. The number of fused-ring (bicyclic) bond motifs is 6. The second-order valence-electron chi connectivity index (χ2n) is 21.1. The van der Waals surface area contributed by atoms with Crippen LogP contribution < -0.4 is 31.5 Å². The second-order valence-corrected chi connectivity index (χ2v) is 21.1. The van der Waals surface area contributed by atoms with Crippen LogP contribution in [0.15, 0.2) is 94.6 Å². The molecule has 5 aromatic rings. The molecule has 2 saturated heterocycles. The van der Waals surface area contributed by atoms with Gasteiger partial charge in [0, 0.05) is 117 Å². The van der Waals surface area contributed by atoms with Gasteiger partial charge >= 0.3 is 23.9 Å². The first kappa shape index (κ1) is 55.2. The van der Waals surface area contributed by atoms with E-state index in [1.54, 1.807) is 24.1 Å². The first-order valence-electron chi connectivity index (χ1n) is 26.5. The van der Waals surface area contributed by atoms with Gasteiger partial charge < -0.3 is 48.9 Å². The van der Waals surface area contributed by atoms with Gasteiger partial charge in [-0.1, -0.05) is 36.8 Å². The number of aromatic amines is 1. The Kier molecular flexibility index (Phi) is 16.2. The maximum absolute atomic E-state index is 13.8. The molecule has 4 aromatic carbocycles. The highest BCUT2D eigenvalue weighted by Gasteiger charge is 2.54. The van der Waals surface area contributed by atoms with Crippen LogP contribution in [0.3, 0.4) is 0 Å². The quantitative estimate of drug-likeness (QED) is 0.0559. The number of hydrogen-bond donors (Lipinski definition) is 3. The summed E-state index contributed by atoms with van der Waals surface area (Å²) in [5.74, 6) is 8.12. The van der Waals surface area contributed by atoms with Gasteiger partial charge in [0.1, 0.15) is 41.6 Å². The average Bonchev–Trinajstić information content (AvgIpc) is 4.10. The monoisotopic (exact) mass is 1080 g/mol. The van der Waals surface area contributed by atoms with Gasteiger partial charge in [0.25, 0.3) is 11.5 Å². The van der Waals surface area contributed by atoms with Crippen LogP contribution in [0.5, 0.6) is 11.5 Å². The fourth-order valence-electron chi connectivity index (χ4n) is 10.5. The number of ether oxygens (including phenoxy) is 6. The molecule has 4 aliphatic rings. The number of nitrogens with zero attached hydrogens (tertiary/aromatic N) is 4. The van der Waals surface area contributed by atoms with Gasteiger partial charge in [-0.3, -0.25) is 24.0 Å². The molecule has 1 spiro atoms. The van der Waals surface area contributed by atoms with Crippen molar-refractivity contribution in [1.82, 2.24) is 24.7 Å². The number of nitrogens with one attached hydrogen (secondary N) is 3. The van der Waals surface area contributed by atoms with Crippen LogP contribution in [0.1, 0.15) is 120 Å². The van der Waals surface area contributed by atoms with E-state index < -0.39 is 58.9 Å². The molecular formula is C60H65N7O12. The molecule has 1 aromatic heterocycles. The van der Waals surface area contributed by atoms with Gasteiger partial charge in [0.15, 0.2) is 5.60 Å². The summed E-state index contributed by atoms with van der Waals surface area (Å²) >= 11 is 0. The molecule has 19 heteroatoms. The molecular weight excluding hydrogens is 1010 g/mol. The maximum atomic E-state index is 13.8. The van der Waals surface area contributed by atoms with E-state index in [2.05, 4.69) is 38.3 Å². The van der Waals surface area contributed by atoms with Crippen molar-refractivity contribution in [3.63, 3.8) is 0 Å². The smallest absolute Gasteiger partial charge is 0.456 e. The Morgan fingerprint density at radius 3 is 2.43 bits per heavy atom. The number of H-pyrrole nitrogens is 1. The van der Waals surface area contributed by atoms with Crippen molar-refractivity contribution in [3.8, 4) is 35.7 Å². The summed E-state index contributed by atoms with van der Waals surface area (Å²) in [6.07, 6.45) is 6.41. The van der Waals surface area contributed by atoms with Crippen molar-refractivity contribution in [3.05, 3.63) is 150 Å². The van der Waals surface area contributed by atoms with Gasteiger partial charge in [-0.25, -0.2) is 19.2 Å². The topological polar surface area (TPSA) is 212 Å². The van der Waals surface area contributed by atoms with E-state index in [0.717, 1.165) is 41.8 Å². The zero-order chi connectivity index (χ0) is 56.2. The summed E-state index contributed by atoms with van der Waals surface area (Å²) in [6.45, 7) is 9.11. The molecule has 4 aliphatic heterocycles. The van der Waals surface area contributed by atoms with Crippen LogP contribution in [0, 0.1) is 24.2 Å². The van der Waals surface area contributed by atoms with Crippen LogP contribution in [0.4, 0.5) is 21.0 Å². The molecule has 3 unspecified atom stereocenters. The van der Waals surface area contributed by atoms with E-state index in [1.807, 2.05) is 107 Å². The van der Waals surface area contributed by atoms with Crippen LogP contribution in [0.25, 0.3) is 0 Å². The molecule has 412 valence electrons. The highest BCUT2D eigenvalue weighted by molar-refractivity contribution is 6.01. The third kappa shape index (κ3) is 12.0. The predicted molar refractivity (Wildman–Crippen MR) is 294 cm³/mol. The predicted octanol–water partition coefficient (Wildman–Crippen LogP) is 7.49. The molecule has 5 atom stereocenters. The number of likely N-dealkylation sites (tertiary alicyclic amines) is 1. The lowest BCUT2D eigenvalue weighted by molar-refractivity contribution is -0.0386. The first-order chi connectivity index (χ1) is 37.9. The minimum Gasteiger partial charge on any atom is -0.456 e. The number of piperidine rings is 1. The minimum atomic E-state index is -1.42. The van der Waals surface area contributed by atoms with E-state index in [4.69, 9.17) is 34.8 Å². The number of esters is 1. The Labute approximate surface area is 458 Å². The molecule has 2 amide bonds. The average molecular weight is 1080 g/mol. The fourth-order valence-corrected chi connectivity index (χ4v) is 10.5. The summed E-state index contributed by atoms with van der Waals surface area (Å²) in [6, 6.07) is 23.4. The fraction of sp³-hybridized carbons (Fsp3) is 0.400. The molecule has 3 N–H and O–H groups in total. The lowest BCUT2D eigenvalue weighted by Crippen LogP contribution is -2.51. The van der Waals surface area contributed by atoms with Crippen molar-refractivity contribution < 1.29 is 47.6 Å². The SMILES string of the molecule is C#Cc1ccc(CN(CCOC(=O)OC2C[C@H](n3cc(C#CCNC(=O)c4ccc5c(c4)C4(OC5=O)c5ccc(NC)cc5Oc5cc(N(C)C)ccc54)c(=O)[nH]c3=O)O[C@@H]2CC)CC2CCCCN2C(=O)OC(C)(C)C)cc1. The van der Waals surface area contributed by atoms with Gasteiger partial charge in [-0.15, -0.1) is 6.42 Å². The molecule has 0 saturated carbocycles. The Bertz CT molecular complexity index is 3380. The van der Waals surface area contributed by atoms with E-state index in [-0.39, 0.29) is 42.8 Å². The van der Waals surface area contributed by atoms with Gasteiger partial charge in [0.05, 0.1) is 18.2 Å². The Morgan fingerprint density at radius 1 is 0.949 bits per heavy atom. The maximum Gasteiger partial charge on any atom is 0.508 e. The third-order valence-corrected chi connectivity index (χ3v) is 14.4. The number of anilines is 2. The van der Waals surface area contributed by atoms with Crippen molar-refractivity contribution in [2.24, 2.45) is 0 Å². The summed E-state index contributed by atoms with van der Waals surface area (Å²) in [4.78, 5) is 88.4. The van der Waals surface area contributed by atoms with Crippen LogP contribution in [-0.2, 0) is 35.8 Å². The summed E-state index contributed by atoms with van der Waals surface area (Å²) in [5, 5.41) is 5.89. The van der Waals surface area contributed by atoms with Gasteiger partial charge in [-0.05, 0) is 107 Å². The number of amides is 2. The normalized spacial score (nSPS) is 19.8. The highest BCUT2D eigenvalue weighted by atomic mass is 16.7. The molecule has 0 aliphatic carbocycles. The Balaban J connectivity index is 0.842. The summed E-state index contributed by atoms with van der Waals surface area (Å²) < 4.78 is 37.4. The van der Waals surface area contributed by atoms with Crippen LogP contribution in [-0.4, -0.2) is 121 Å². The number of benzene rings is 4. The second kappa shape index (κ2) is 23.2. The largest absolute Gasteiger partial charge is 0.508 e. The number of terminal acetylenes is 1. The summed E-state index contributed by atoms with van der Waals surface area (Å²) in [5.41, 5.74) is 1.96. The number of aromatic nitrogens is 2. The van der Waals surface area contributed by atoms with E-state index >= 15 is 0 Å². The zero-order valence-corrected chi connectivity index (χ0v) is 45.4. The molecule has 2 fully saturated rings.